The number of halogens is 3. The van der Waals surface area contributed by atoms with Crippen LogP contribution in [-0.2, 0) is 15.5 Å². The number of benzene rings is 2. The fourth-order valence-electron chi connectivity index (χ4n) is 3.92. The number of aromatic nitrogens is 1. The summed E-state index contributed by atoms with van der Waals surface area (Å²) < 4.78 is 28.1. The monoisotopic (exact) mass is 496 g/mol. The van der Waals surface area contributed by atoms with Crippen LogP contribution in [0.1, 0.15) is 31.4 Å². The second-order valence-corrected chi connectivity index (χ2v) is 8.71. The van der Waals surface area contributed by atoms with Gasteiger partial charge in [-0.15, -0.1) is 0 Å². The number of rotatable bonds is 6. The number of nitrogens with one attached hydrogen (secondary N) is 1. The van der Waals surface area contributed by atoms with Gasteiger partial charge in [-0.2, -0.15) is 10.1 Å². The normalized spacial score (nSPS) is 15.8. The van der Waals surface area contributed by atoms with Crippen LogP contribution >= 0.6 is 11.6 Å². The van der Waals surface area contributed by atoms with E-state index in [0.717, 1.165) is 16.1 Å². The summed E-state index contributed by atoms with van der Waals surface area (Å²) in [5.41, 5.74) is 3.18. The van der Waals surface area contributed by atoms with E-state index in [-0.39, 0.29) is 17.7 Å². The zero-order chi connectivity index (χ0) is 25.3. The topological polar surface area (TPSA) is 74.7 Å². The van der Waals surface area contributed by atoms with Gasteiger partial charge in [0.15, 0.2) is 5.92 Å². The van der Waals surface area contributed by atoms with Crippen LogP contribution in [0, 0.1) is 12.8 Å². The molecule has 1 aliphatic heterocycles. The Morgan fingerprint density at radius 3 is 2.63 bits per heavy atom. The Bertz CT molecular complexity index is 1340. The molecule has 0 aliphatic carbocycles. The van der Waals surface area contributed by atoms with Crippen molar-refractivity contribution >= 4 is 40.5 Å². The van der Waals surface area contributed by atoms with Crippen molar-refractivity contribution in [3.05, 3.63) is 77.1 Å². The molecule has 0 saturated heterocycles. The molecule has 0 radical (unpaired) electrons. The molecule has 3 aromatic rings. The second kappa shape index (κ2) is 9.54. The van der Waals surface area contributed by atoms with Crippen molar-refractivity contribution in [3.8, 4) is 11.1 Å². The lowest BCUT2D eigenvalue weighted by molar-refractivity contribution is -0.127. The first-order chi connectivity index (χ1) is 16.6. The lowest BCUT2D eigenvalue weighted by atomic mass is 10.0. The first-order valence-electron chi connectivity index (χ1n) is 11.0. The highest BCUT2D eigenvalue weighted by molar-refractivity contribution is 6.34. The highest BCUT2D eigenvalue weighted by atomic mass is 35.5. The average molecular weight is 497 g/mol. The van der Waals surface area contributed by atoms with Crippen molar-refractivity contribution in [2.24, 2.45) is 11.0 Å². The molecule has 1 N–H and O–H groups in total. The Kier molecular flexibility index (Phi) is 6.67. The number of carbonyl (C=O) groups is 2. The molecule has 180 valence electrons. The van der Waals surface area contributed by atoms with Gasteiger partial charge in [-0.3, -0.25) is 14.6 Å². The maximum atomic E-state index is 14.1. The smallest absolute Gasteiger partial charge is 0.273 e. The molecule has 2 amide bonds. The van der Waals surface area contributed by atoms with E-state index in [1.54, 1.807) is 37.5 Å². The van der Waals surface area contributed by atoms with Gasteiger partial charge in [0, 0.05) is 40.7 Å². The summed E-state index contributed by atoms with van der Waals surface area (Å²) >= 11 is 6.42. The minimum atomic E-state index is -3.02. The van der Waals surface area contributed by atoms with Crippen LogP contribution < -0.4 is 10.3 Å². The molecule has 4 rings (SSSR count). The quantitative estimate of drug-likeness (QED) is 0.413. The highest BCUT2D eigenvalue weighted by Crippen LogP contribution is 2.36. The van der Waals surface area contributed by atoms with E-state index < -0.39 is 23.7 Å². The summed E-state index contributed by atoms with van der Waals surface area (Å²) in [6.07, 6.45) is 3.00. The van der Waals surface area contributed by atoms with E-state index in [4.69, 9.17) is 11.6 Å². The number of carbonyl (C=O) groups excluding carboxylic acids is 2. The van der Waals surface area contributed by atoms with Crippen LogP contribution in [0.25, 0.3) is 11.1 Å². The Balaban J connectivity index is 1.58. The average Bonchev–Trinajstić information content (AvgIpc) is 3.14. The lowest BCUT2D eigenvalue weighted by Gasteiger charge is -2.18. The van der Waals surface area contributed by atoms with E-state index >= 15 is 0 Å². The zero-order valence-corrected chi connectivity index (χ0v) is 20.1. The van der Waals surface area contributed by atoms with Crippen molar-refractivity contribution in [3.63, 3.8) is 0 Å². The van der Waals surface area contributed by atoms with E-state index in [9.17, 15) is 18.4 Å². The number of aryl methyl sites for hydroxylation is 1. The largest absolute Gasteiger partial charge is 0.325 e. The first-order valence-corrected chi connectivity index (χ1v) is 11.4. The molecule has 1 aromatic heterocycles. The SMILES string of the molecule is CCC(F)(F)c1cccc(NC(=O)C2C(=O)N(c3ccc(Cl)c(-c4ccncc4C)c3)N=C2C)c1. The molecule has 9 heteroatoms. The molecular formula is C26H23ClF2N4O2. The van der Waals surface area contributed by atoms with Crippen molar-refractivity contribution in [2.75, 3.05) is 10.3 Å². The molecule has 1 atom stereocenters. The second-order valence-electron chi connectivity index (χ2n) is 8.31. The van der Waals surface area contributed by atoms with Crippen LogP contribution in [0.3, 0.4) is 0 Å². The third-order valence-electron chi connectivity index (χ3n) is 5.89. The van der Waals surface area contributed by atoms with Crippen molar-refractivity contribution in [1.29, 1.82) is 0 Å². The molecule has 1 unspecified atom stereocenters. The highest BCUT2D eigenvalue weighted by Gasteiger charge is 2.40. The van der Waals surface area contributed by atoms with Crippen LogP contribution in [0.2, 0.25) is 5.02 Å². The first kappa shape index (κ1) is 24.5. The van der Waals surface area contributed by atoms with E-state index in [2.05, 4.69) is 15.4 Å². The number of hydrazone groups is 1. The molecule has 0 bridgehead atoms. The Hall–Kier alpha value is -3.65. The van der Waals surface area contributed by atoms with Crippen molar-refractivity contribution in [2.45, 2.75) is 33.1 Å². The fourth-order valence-corrected chi connectivity index (χ4v) is 4.14. The number of anilines is 2. The molecule has 35 heavy (non-hydrogen) atoms. The predicted molar refractivity (Wildman–Crippen MR) is 133 cm³/mol. The molecule has 0 spiro atoms. The number of nitrogens with zero attached hydrogens (tertiary/aromatic N) is 3. The van der Waals surface area contributed by atoms with E-state index in [1.807, 2.05) is 13.0 Å². The number of alkyl halides is 2. The molecule has 0 saturated carbocycles. The van der Waals surface area contributed by atoms with Crippen molar-refractivity contribution < 1.29 is 18.4 Å². The summed E-state index contributed by atoms with van der Waals surface area (Å²) in [6, 6.07) is 12.3. The van der Waals surface area contributed by atoms with E-state index in [0.29, 0.717) is 22.0 Å². The molecule has 6 nitrogen and oxygen atoms in total. The van der Waals surface area contributed by atoms with Gasteiger partial charge >= 0.3 is 0 Å². The van der Waals surface area contributed by atoms with Gasteiger partial charge in [-0.1, -0.05) is 30.7 Å². The minimum Gasteiger partial charge on any atom is -0.325 e. The minimum absolute atomic E-state index is 0.182. The Labute approximate surface area is 206 Å². The molecular weight excluding hydrogens is 474 g/mol. The van der Waals surface area contributed by atoms with Gasteiger partial charge in [-0.25, -0.2) is 8.78 Å². The third kappa shape index (κ3) is 4.79. The summed E-state index contributed by atoms with van der Waals surface area (Å²) in [4.78, 5) is 30.3. The lowest BCUT2D eigenvalue weighted by Crippen LogP contribution is -2.36. The maximum Gasteiger partial charge on any atom is 0.273 e. The van der Waals surface area contributed by atoms with Crippen LogP contribution in [0.4, 0.5) is 20.2 Å². The summed E-state index contributed by atoms with van der Waals surface area (Å²) in [5.74, 6) is -5.39. The molecule has 1 aliphatic rings. The number of pyridine rings is 1. The Morgan fingerprint density at radius 2 is 1.91 bits per heavy atom. The summed E-state index contributed by atoms with van der Waals surface area (Å²) in [5, 5.41) is 8.54. The summed E-state index contributed by atoms with van der Waals surface area (Å²) in [7, 11) is 0. The van der Waals surface area contributed by atoms with Gasteiger partial charge in [0.25, 0.3) is 11.8 Å². The van der Waals surface area contributed by atoms with Gasteiger partial charge < -0.3 is 5.32 Å². The van der Waals surface area contributed by atoms with Gasteiger partial charge in [0.1, 0.15) is 0 Å². The maximum absolute atomic E-state index is 14.1. The van der Waals surface area contributed by atoms with Gasteiger partial charge in [0.2, 0.25) is 5.91 Å². The van der Waals surface area contributed by atoms with Crippen LogP contribution in [0.15, 0.2) is 66.0 Å². The van der Waals surface area contributed by atoms with Gasteiger partial charge in [-0.05, 0) is 61.4 Å². The number of hydrogen-bond acceptors (Lipinski definition) is 4. The molecule has 2 heterocycles. The number of amides is 2. The van der Waals surface area contributed by atoms with Gasteiger partial charge in [0.05, 0.1) is 11.4 Å². The number of hydrogen-bond donors (Lipinski definition) is 1. The summed E-state index contributed by atoms with van der Waals surface area (Å²) in [6.45, 7) is 4.86. The van der Waals surface area contributed by atoms with Crippen LogP contribution in [-0.4, -0.2) is 22.5 Å². The zero-order valence-electron chi connectivity index (χ0n) is 19.3. The molecule has 0 fully saturated rings. The van der Waals surface area contributed by atoms with Crippen molar-refractivity contribution in [1.82, 2.24) is 4.98 Å². The Morgan fingerprint density at radius 1 is 1.14 bits per heavy atom. The molecule has 2 aromatic carbocycles. The van der Waals surface area contributed by atoms with E-state index in [1.165, 1.54) is 31.2 Å². The fraction of sp³-hybridized carbons (Fsp3) is 0.231. The van der Waals surface area contributed by atoms with Crippen LogP contribution in [0.5, 0.6) is 0 Å². The predicted octanol–water partition coefficient (Wildman–Crippen LogP) is 6.19. The standard InChI is InChI=1S/C26H23ClF2N4O2/c1-4-26(28,29)17-6-5-7-18(12-17)31-24(34)23-16(3)32-33(25(23)35)19-8-9-22(27)21(13-19)20-10-11-30-14-15(20)2/h5-14,23H,4H2,1-3H3,(H,31,34). The third-order valence-corrected chi connectivity index (χ3v) is 6.22.